The van der Waals surface area contributed by atoms with E-state index >= 15 is 0 Å². The molecule has 0 unspecified atom stereocenters. The second kappa shape index (κ2) is 10.1. The smallest absolute Gasteiger partial charge is 0.422 e. The predicted molar refractivity (Wildman–Crippen MR) is 110 cm³/mol. The van der Waals surface area contributed by atoms with Crippen molar-refractivity contribution in [1.29, 1.82) is 0 Å². The zero-order valence-corrected chi connectivity index (χ0v) is 17.0. The Labute approximate surface area is 178 Å². The van der Waals surface area contributed by atoms with E-state index in [-0.39, 0.29) is 18.2 Å². The molecule has 30 heavy (non-hydrogen) atoms. The molecule has 3 rings (SSSR count). The van der Waals surface area contributed by atoms with Crippen molar-refractivity contribution in [3.8, 4) is 5.75 Å². The van der Waals surface area contributed by atoms with Crippen LogP contribution in [0.2, 0.25) is 5.02 Å². The summed E-state index contributed by atoms with van der Waals surface area (Å²) < 4.78 is 41.7. The van der Waals surface area contributed by atoms with Crippen molar-refractivity contribution >= 4 is 23.2 Å². The molecule has 0 atom stereocenters. The standard InChI is InChI=1S/C21H23ClF3N3O2/c22-18-6-1-2-7-19(18)26-20(29)14-28-10-8-27(9-11-28)13-16-4-3-5-17(12-16)30-15-21(23,24)25/h1-7,12H,8-11,13-15H2,(H,26,29). The fraction of sp³-hybridized carbons (Fsp3) is 0.381. The highest BCUT2D eigenvalue weighted by atomic mass is 35.5. The number of amides is 1. The van der Waals surface area contributed by atoms with Gasteiger partial charge >= 0.3 is 6.18 Å². The number of nitrogens with one attached hydrogen (secondary N) is 1. The zero-order chi connectivity index (χ0) is 21.6. The topological polar surface area (TPSA) is 44.8 Å². The van der Waals surface area contributed by atoms with Crippen molar-refractivity contribution in [2.45, 2.75) is 12.7 Å². The Kier molecular flexibility index (Phi) is 7.58. The number of piperazine rings is 1. The molecule has 9 heteroatoms. The van der Waals surface area contributed by atoms with Crippen LogP contribution in [0.5, 0.6) is 5.75 Å². The van der Waals surface area contributed by atoms with Crippen molar-refractivity contribution in [3.63, 3.8) is 0 Å². The first-order valence-electron chi connectivity index (χ1n) is 9.56. The Morgan fingerprint density at radius 2 is 1.73 bits per heavy atom. The van der Waals surface area contributed by atoms with Gasteiger partial charge in [-0.2, -0.15) is 13.2 Å². The highest BCUT2D eigenvalue weighted by molar-refractivity contribution is 6.33. The van der Waals surface area contributed by atoms with Crippen LogP contribution in [0.15, 0.2) is 48.5 Å². The summed E-state index contributed by atoms with van der Waals surface area (Å²) >= 11 is 6.06. The number of nitrogens with zero attached hydrogens (tertiary/aromatic N) is 2. The number of alkyl halides is 3. The van der Waals surface area contributed by atoms with E-state index in [1.165, 1.54) is 6.07 Å². The molecule has 1 aliphatic heterocycles. The molecule has 2 aromatic rings. The minimum Gasteiger partial charge on any atom is -0.484 e. The van der Waals surface area contributed by atoms with Crippen LogP contribution in [0, 0.1) is 0 Å². The maximum atomic E-state index is 12.3. The van der Waals surface area contributed by atoms with E-state index < -0.39 is 12.8 Å². The van der Waals surface area contributed by atoms with E-state index in [0.717, 1.165) is 31.7 Å². The average molecular weight is 442 g/mol. The Hall–Kier alpha value is -2.29. The Bertz CT molecular complexity index is 855. The molecule has 0 saturated carbocycles. The maximum Gasteiger partial charge on any atom is 0.422 e. The summed E-state index contributed by atoms with van der Waals surface area (Å²) in [4.78, 5) is 16.5. The second-order valence-electron chi connectivity index (χ2n) is 7.13. The van der Waals surface area contributed by atoms with Crippen LogP contribution in [0.3, 0.4) is 0 Å². The van der Waals surface area contributed by atoms with E-state index in [0.29, 0.717) is 17.3 Å². The van der Waals surface area contributed by atoms with Crippen LogP contribution in [0.25, 0.3) is 0 Å². The molecule has 0 spiro atoms. The number of benzene rings is 2. The van der Waals surface area contributed by atoms with E-state index in [4.69, 9.17) is 16.3 Å². The number of rotatable bonds is 7. The summed E-state index contributed by atoms with van der Waals surface area (Å²) in [6.07, 6.45) is -4.36. The SMILES string of the molecule is O=C(CN1CCN(Cc2cccc(OCC(F)(F)F)c2)CC1)Nc1ccccc1Cl. The normalized spacial score (nSPS) is 15.7. The molecule has 5 nitrogen and oxygen atoms in total. The molecule has 1 fully saturated rings. The van der Waals surface area contributed by atoms with Crippen molar-refractivity contribution < 1.29 is 22.7 Å². The van der Waals surface area contributed by atoms with Crippen molar-refractivity contribution in [1.82, 2.24) is 9.80 Å². The third-order valence-corrected chi connectivity index (χ3v) is 5.02. The van der Waals surface area contributed by atoms with Crippen LogP contribution in [-0.4, -0.2) is 61.2 Å². The summed E-state index contributed by atoms with van der Waals surface area (Å²) in [5.74, 6) is 0.0887. The molecule has 162 valence electrons. The van der Waals surface area contributed by atoms with Crippen LogP contribution in [0.1, 0.15) is 5.56 Å². The first-order valence-corrected chi connectivity index (χ1v) is 9.94. The van der Waals surface area contributed by atoms with Gasteiger partial charge in [0.05, 0.1) is 17.3 Å². The molecule has 0 radical (unpaired) electrons. The molecule has 1 saturated heterocycles. The lowest BCUT2D eigenvalue weighted by Gasteiger charge is -2.34. The highest BCUT2D eigenvalue weighted by Gasteiger charge is 2.28. The Balaban J connectivity index is 1.43. The molecule has 1 N–H and O–H groups in total. The molecular formula is C21H23ClF3N3O2. The summed E-state index contributed by atoms with van der Waals surface area (Å²) in [6, 6.07) is 13.8. The third-order valence-electron chi connectivity index (χ3n) is 4.69. The lowest BCUT2D eigenvalue weighted by Crippen LogP contribution is -2.48. The van der Waals surface area contributed by atoms with E-state index in [1.807, 2.05) is 12.1 Å². The molecule has 1 amide bonds. The summed E-state index contributed by atoms with van der Waals surface area (Å²) in [7, 11) is 0. The average Bonchev–Trinajstić information content (AvgIpc) is 2.69. The number of hydrogen-bond acceptors (Lipinski definition) is 4. The summed E-state index contributed by atoms with van der Waals surface area (Å²) in [6.45, 7) is 2.55. The van der Waals surface area contributed by atoms with Crippen LogP contribution >= 0.6 is 11.6 Å². The van der Waals surface area contributed by atoms with E-state index in [9.17, 15) is 18.0 Å². The molecule has 1 heterocycles. The summed E-state index contributed by atoms with van der Waals surface area (Å²) in [5, 5.41) is 3.31. The van der Waals surface area contributed by atoms with Gasteiger partial charge < -0.3 is 10.1 Å². The number of hydrogen-bond donors (Lipinski definition) is 1. The number of carbonyl (C=O) groups is 1. The minimum atomic E-state index is -4.36. The fourth-order valence-corrected chi connectivity index (χ4v) is 3.40. The molecule has 2 aromatic carbocycles. The van der Waals surface area contributed by atoms with Gasteiger partial charge in [-0.3, -0.25) is 14.6 Å². The fourth-order valence-electron chi connectivity index (χ4n) is 3.22. The van der Waals surface area contributed by atoms with Crippen LogP contribution < -0.4 is 10.1 Å². The van der Waals surface area contributed by atoms with Gasteiger partial charge in [0.25, 0.3) is 0 Å². The van der Waals surface area contributed by atoms with Gasteiger partial charge in [-0.15, -0.1) is 0 Å². The first-order chi connectivity index (χ1) is 14.3. The quantitative estimate of drug-likeness (QED) is 0.704. The van der Waals surface area contributed by atoms with Gasteiger partial charge in [0, 0.05) is 32.7 Å². The summed E-state index contributed by atoms with van der Waals surface area (Å²) in [5.41, 5.74) is 1.48. The number of carbonyl (C=O) groups excluding carboxylic acids is 1. The largest absolute Gasteiger partial charge is 0.484 e. The Morgan fingerprint density at radius 3 is 2.43 bits per heavy atom. The number of anilines is 1. The second-order valence-corrected chi connectivity index (χ2v) is 7.54. The minimum absolute atomic E-state index is 0.119. The van der Waals surface area contributed by atoms with Gasteiger partial charge in [-0.25, -0.2) is 0 Å². The molecular weight excluding hydrogens is 419 g/mol. The van der Waals surface area contributed by atoms with Crippen molar-refractivity contribution in [2.24, 2.45) is 0 Å². The van der Waals surface area contributed by atoms with E-state index in [2.05, 4.69) is 15.1 Å². The van der Waals surface area contributed by atoms with Crippen LogP contribution in [-0.2, 0) is 11.3 Å². The zero-order valence-electron chi connectivity index (χ0n) is 16.3. The maximum absolute atomic E-state index is 12.3. The number of para-hydroxylation sites is 1. The molecule has 0 aliphatic carbocycles. The first kappa shape index (κ1) is 22.4. The predicted octanol–water partition coefficient (Wildman–Crippen LogP) is 4.04. The van der Waals surface area contributed by atoms with Crippen molar-refractivity contribution in [3.05, 3.63) is 59.1 Å². The number of halogens is 4. The molecule has 0 bridgehead atoms. The Morgan fingerprint density at radius 1 is 1.03 bits per heavy atom. The highest BCUT2D eigenvalue weighted by Crippen LogP contribution is 2.21. The molecule has 0 aromatic heterocycles. The van der Waals surface area contributed by atoms with Gasteiger partial charge in [0.2, 0.25) is 5.91 Å². The van der Waals surface area contributed by atoms with Crippen molar-refractivity contribution in [2.75, 3.05) is 44.6 Å². The number of ether oxygens (including phenoxy) is 1. The lowest BCUT2D eigenvalue weighted by molar-refractivity contribution is -0.153. The van der Waals surface area contributed by atoms with Crippen LogP contribution in [0.4, 0.5) is 18.9 Å². The van der Waals surface area contributed by atoms with Gasteiger partial charge in [-0.05, 0) is 29.8 Å². The molecule has 1 aliphatic rings. The van der Waals surface area contributed by atoms with Gasteiger partial charge in [-0.1, -0.05) is 35.9 Å². The third kappa shape index (κ3) is 7.19. The van der Waals surface area contributed by atoms with Gasteiger partial charge in [0.1, 0.15) is 5.75 Å². The van der Waals surface area contributed by atoms with E-state index in [1.54, 1.807) is 30.3 Å². The monoisotopic (exact) mass is 441 g/mol. The van der Waals surface area contributed by atoms with Gasteiger partial charge in [0.15, 0.2) is 6.61 Å². The lowest BCUT2D eigenvalue weighted by atomic mass is 10.2.